The van der Waals surface area contributed by atoms with Gasteiger partial charge in [-0.2, -0.15) is 0 Å². The van der Waals surface area contributed by atoms with E-state index in [1.54, 1.807) is 6.07 Å². The van der Waals surface area contributed by atoms with Crippen LogP contribution in [0.1, 0.15) is 34.3 Å². The fourth-order valence-electron chi connectivity index (χ4n) is 2.42. The summed E-state index contributed by atoms with van der Waals surface area (Å²) < 4.78 is 0. The summed E-state index contributed by atoms with van der Waals surface area (Å²) in [6.45, 7) is -0.332. The molecule has 21 heavy (non-hydrogen) atoms. The van der Waals surface area contributed by atoms with Crippen molar-refractivity contribution in [1.82, 2.24) is 5.32 Å². The Balaban J connectivity index is 1.87. The second-order valence-corrected chi connectivity index (χ2v) is 5.01. The molecule has 2 N–H and O–H groups in total. The van der Waals surface area contributed by atoms with Crippen LogP contribution in [-0.2, 0) is 12.8 Å². The average molecular weight is 283 g/mol. The predicted octanol–water partition coefficient (Wildman–Crippen LogP) is 2.93. The van der Waals surface area contributed by atoms with Gasteiger partial charge in [-0.25, -0.2) is 0 Å². The lowest BCUT2D eigenvalue weighted by atomic mass is 9.99. The third-order valence-corrected chi connectivity index (χ3v) is 3.51. The van der Waals surface area contributed by atoms with Gasteiger partial charge in [-0.1, -0.05) is 48.5 Å². The van der Waals surface area contributed by atoms with E-state index in [9.17, 15) is 4.79 Å². The van der Waals surface area contributed by atoms with Crippen LogP contribution in [0.15, 0.2) is 54.6 Å². The summed E-state index contributed by atoms with van der Waals surface area (Å²) in [5.74, 6) is -0.212. The summed E-state index contributed by atoms with van der Waals surface area (Å²) in [6, 6.07) is 18.0. The molecule has 0 fully saturated rings. The van der Waals surface area contributed by atoms with Crippen molar-refractivity contribution < 1.29 is 9.90 Å². The van der Waals surface area contributed by atoms with Crippen molar-refractivity contribution in [3.63, 3.8) is 0 Å². The largest absolute Gasteiger partial charge is 0.376 e. The molecule has 2 rings (SSSR count). The number of rotatable bonds is 7. The summed E-state index contributed by atoms with van der Waals surface area (Å²) in [4.78, 5) is 11.8. The number of aryl methyl sites for hydroxylation is 2. The molecule has 0 aliphatic heterocycles. The van der Waals surface area contributed by atoms with Crippen molar-refractivity contribution in [2.45, 2.75) is 25.7 Å². The van der Waals surface area contributed by atoms with Gasteiger partial charge in [0.2, 0.25) is 0 Å². The molecular formula is C18H21NO2. The maximum Gasteiger partial charge on any atom is 0.253 e. The molecule has 0 heterocycles. The SMILES string of the molecule is O=C(NCO)c1ccccc1CCCCc1ccccc1. The number of hydrogen-bond acceptors (Lipinski definition) is 2. The van der Waals surface area contributed by atoms with E-state index in [0.717, 1.165) is 31.2 Å². The lowest BCUT2D eigenvalue weighted by molar-refractivity contribution is 0.0909. The smallest absolute Gasteiger partial charge is 0.253 e. The van der Waals surface area contributed by atoms with Crippen LogP contribution in [0, 0.1) is 0 Å². The third-order valence-electron chi connectivity index (χ3n) is 3.51. The molecule has 110 valence electrons. The van der Waals surface area contributed by atoms with Crippen LogP contribution in [-0.4, -0.2) is 17.7 Å². The van der Waals surface area contributed by atoms with E-state index >= 15 is 0 Å². The second-order valence-electron chi connectivity index (χ2n) is 5.01. The highest BCUT2D eigenvalue weighted by atomic mass is 16.3. The fraction of sp³-hybridized carbons (Fsp3) is 0.278. The zero-order valence-corrected chi connectivity index (χ0v) is 12.1. The van der Waals surface area contributed by atoms with Crippen molar-refractivity contribution in [3.05, 3.63) is 71.3 Å². The number of benzene rings is 2. The minimum Gasteiger partial charge on any atom is -0.376 e. The summed E-state index contributed by atoms with van der Waals surface area (Å²) in [5, 5.41) is 11.2. The molecule has 0 radical (unpaired) electrons. The summed E-state index contributed by atoms with van der Waals surface area (Å²) >= 11 is 0. The fourth-order valence-corrected chi connectivity index (χ4v) is 2.42. The number of amides is 1. The van der Waals surface area contributed by atoms with E-state index in [1.165, 1.54) is 5.56 Å². The molecule has 1 amide bonds. The first-order chi connectivity index (χ1) is 10.3. The zero-order valence-electron chi connectivity index (χ0n) is 12.1. The van der Waals surface area contributed by atoms with E-state index in [4.69, 9.17) is 5.11 Å². The van der Waals surface area contributed by atoms with E-state index in [1.807, 2.05) is 24.3 Å². The molecule has 2 aromatic rings. The topological polar surface area (TPSA) is 49.3 Å². The molecular weight excluding hydrogens is 262 g/mol. The lowest BCUT2D eigenvalue weighted by Crippen LogP contribution is -2.25. The molecule has 0 saturated carbocycles. The third kappa shape index (κ3) is 4.72. The van der Waals surface area contributed by atoms with Gasteiger partial charge >= 0.3 is 0 Å². The van der Waals surface area contributed by atoms with Gasteiger partial charge in [0.05, 0.1) is 0 Å². The normalized spacial score (nSPS) is 10.3. The minimum absolute atomic E-state index is 0.212. The molecule has 0 bridgehead atoms. The lowest BCUT2D eigenvalue weighted by Gasteiger charge is -2.09. The highest BCUT2D eigenvalue weighted by Gasteiger charge is 2.09. The van der Waals surface area contributed by atoms with Crippen LogP contribution < -0.4 is 5.32 Å². The highest BCUT2D eigenvalue weighted by molar-refractivity contribution is 5.95. The first-order valence-corrected chi connectivity index (χ1v) is 7.32. The Morgan fingerprint density at radius 1 is 0.905 bits per heavy atom. The van der Waals surface area contributed by atoms with E-state index < -0.39 is 0 Å². The number of hydrogen-bond donors (Lipinski definition) is 2. The number of nitrogens with one attached hydrogen (secondary N) is 1. The van der Waals surface area contributed by atoms with Crippen LogP contribution in [0.4, 0.5) is 0 Å². The number of aliphatic hydroxyl groups excluding tert-OH is 1. The van der Waals surface area contributed by atoms with Crippen LogP contribution in [0.5, 0.6) is 0 Å². The molecule has 3 nitrogen and oxygen atoms in total. The van der Waals surface area contributed by atoms with Crippen LogP contribution in [0.25, 0.3) is 0 Å². The molecule has 0 aliphatic rings. The molecule has 0 aliphatic carbocycles. The van der Waals surface area contributed by atoms with Crippen molar-refractivity contribution >= 4 is 5.91 Å². The number of carbonyl (C=O) groups excluding carboxylic acids is 1. The molecule has 0 spiro atoms. The first kappa shape index (κ1) is 15.3. The van der Waals surface area contributed by atoms with Crippen molar-refractivity contribution in [2.75, 3.05) is 6.73 Å². The standard InChI is InChI=1S/C18H21NO2/c20-14-19-18(21)17-13-7-6-12-16(17)11-5-4-10-15-8-2-1-3-9-15/h1-3,6-9,12-13,20H,4-5,10-11,14H2,(H,19,21). The van der Waals surface area contributed by atoms with E-state index in [2.05, 4.69) is 29.6 Å². The van der Waals surface area contributed by atoms with Crippen LogP contribution in [0.3, 0.4) is 0 Å². The molecule has 0 saturated heterocycles. The van der Waals surface area contributed by atoms with Crippen molar-refractivity contribution in [3.8, 4) is 0 Å². The van der Waals surface area contributed by atoms with Gasteiger partial charge in [-0.15, -0.1) is 0 Å². The molecule has 0 unspecified atom stereocenters. The summed E-state index contributed by atoms with van der Waals surface area (Å²) in [6.07, 6.45) is 4.08. The summed E-state index contributed by atoms with van der Waals surface area (Å²) in [7, 11) is 0. The maximum atomic E-state index is 11.8. The van der Waals surface area contributed by atoms with Crippen LogP contribution in [0.2, 0.25) is 0 Å². The Hall–Kier alpha value is -2.13. The number of unbranched alkanes of at least 4 members (excludes halogenated alkanes) is 1. The number of aliphatic hydroxyl groups is 1. The van der Waals surface area contributed by atoms with Gasteiger partial charge in [0.1, 0.15) is 6.73 Å². The molecule has 3 heteroatoms. The number of carbonyl (C=O) groups is 1. The average Bonchev–Trinajstić information content (AvgIpc) is 2.53. The van der Waals surface area contributed by atoms with Gasteiger partial charge in [0.15, 0.2) is 0 Å². The maximum absolute atomic E-state index is 11.8. The van der Waals surface area contributed by atoms with E-state index in [0.29, 0.717) is 5.56 Å². The Labute approximate surface area is 125 Å². The minimum atomic E-state index is -0.332. The Kier molecular flexibility index (Phi) is 5.98. The second kappa shape index (κ2) is 8.22. The van der Waals surface area contributed by atoms with Crippen LogP contribution >= 0.6 is 0 Å². The van der Waals surface area contributed by atoms with Gasteiger partial charge in [-0.05, 0) is 42.9 Å². The molecule has 0 atom stereocenters. The van der Waals surface area contributed by atoms with Gasteiger partial charge in [0.25, 0.3) is 5.91 Å². The summed E-state index contributed by atoms with van der Waals surface area (Å²) in [5.41, 5.74) is 3.05. The van der Waals surface area contributed by atoms with Crippen molar-refractivity contribution in [1.29, 1.82) is 0 Å². The Morgan fingerprint density at radius 3 is 2.33 bits per heavy atom. The van der Waals surface area contributed by atoms with Crippen molar-refractivity contribution in [2.24, 2.45) is 0 Å². The van der Waals surface area contributed by atoms with Gasteiger partial charge in [0, 0.05) is 5.56 Å². The van der Waals surface area contributed by atoms with Gasteiger partial charge < -0.3 is 10.4 Å². The Bertz CT molecular complexity index is 566. The van der Waals surface area contributed by atoms with E-state index in [-0.39, 0.29) is 12.6 Å². The van der Waals surface area contributed by atoms with Gasteiger partial charge in [-0.3, -0.25) is 4.79 Å². The predicted molar refractivity (Wildman–Crippen MR) is 84.1 cm³/mol. The highest BCUT2D eigenvalue weighted by Crippen LogP contribution is 2.13. The Morgan fingerprint density at radius 2 is 1.57 bits per heavy atom. The molecule has 2 aromatic carbocycles. The monoisotopic (exact) mass is 283 g/mol. The first-order valence-electron chi connectivity index (χ1n) is 7.32. The molecule has 0 aromatic heterocycles. The quantitative estimate of drug-likeness (QED) is 0.606. The zero-order chi connectivity index (χ0) is 14.9.